The summed E-state index contributed by atoms with van der Waals surface area (Å²) in [6.45, 7) is 5.45. The fourth-order valence-corrected chi connectivity index (χ4v) is 3.17. The Hall–Kier alpha value is -3.55. The number of pyridine rings is 1. The summed E-state index contributed by atoms with van der Waals surface area (Å²) in [7, 11) is 0. The van der Waals surface area contributed by atoms with Crippen LogP contribution < -0.4 is 0 Å². The van der Waals surface area contributed by atoms with Crippen molar-refractivity contribution in [1.82, 2.24) is 24.5 Å². The van der Waals surface area contributed by atoms with Crippen molar-refractivity contribution in [2.75, 3.05) is 0 Å². The Bertz CT molecular complexity index is 1130. The molecule has 0 N–H and O–H groups in total. The van der Waals surface area contributed by atoms with Gasteiger partial charge in [-0.15, -0.1) is 0 Å². The van der Waals surface area contributed by atoms with E-state index >= 15 is 0 Å². The van der Waals surface area contributed by atoms with Crippen molar-refractivity contribution in [2.45, 2.75) is 26.9 Å². The van der Waals surface area contributed by atoms with Gasteiger partial charge in [-0.3, -0.25) is 24.5 Å². The number of fused-ring (bicyclic) bond motifs is 1. The standard InChI is InChI=1S/C20H20N6O2/c1-14(2)11-25-18-8-17(21-9-16(18)10-22-25)20-19(26(27)28)13-24(23-20)12-15-6-4-3-5-7-15/h3-10,13-14H,11-12H2,1-2H3. The average molecular weight is 376 g/mol. The summed E-state index contributed by atoms with van der Waals surface area (Å²) in [6, 6.07) is 11.5. The fraction of sp³-hybridized carbons (Fsp3) is 0.250. The Labute approximate surface area is 161 Å². The predicted molar refractivity (Wildman–Crippen MR) is 106 cm³/mol. The highest BCUT2D eigenvalue weighted by Gasteiger charge is 2.23. The molecular weight excluding hydrogens is 356 g/mol. The SMILES string of the molecule is CC(C)Cn1ncc2cnc(-c3nn(Cc4ccccc4)cc3[N+](=O)[O-])cc21. The van der Waals surface area contributed by atoms with Gasteiger partial charge in [-0.05, 0) is 17.5 Å². The molecular formula is C20H20N6O2. The molecule has 0 unspecified atom stereocenters. The lowest BCUT2D eigenvalue weighted by Crippen LogP contribution is -2.05. The predicted octanol–water partition coefficient (Wildman–Crippen LogP) is 3.91. The summed E-state index contributed by atoms with van der Waals surface area (Å²) in [5.41, 5.74) is 2.59. The van der Waals surface area contributed by atoms with Crippen molar-refractivity contribution in [2.24, 2.45) is 5.92 Å². The minimum absolute atomic E-state index is 0.0577. The van der Waals surface area contributed by atoms with Gasteiger partial charge < -0.3 is 0 Å². The van der Waals surface area contributed by atoms with E-state index in [4.69, 9.17) is 0 Å². The van der Waals surface area contributed by atoms with Crippen LogP contribution in [-0.2, 0) is 13.1 Å². The number of nitro groups is 1. The van der Waals surface area contributed by atoms with Gasteiger partial charge >= 0.3 is 5.69 Å². The molecule has 0 radical (unpaired) electrons. The van der Waals surface area contributed by atoms with E-state index in [9.17, 15) is 10.1 Å². The lowest BCUT2D eigenvalue weighted by atomic mass is 10.2. The second kappa shape index (κ2) is 7.22. The van der Waals surface area contributed by atoms with Gasteiger partial charge in [0.1, 0.15) is 6.20 Å². The third-order valence-corrected chi connectivity index (χ3v) is 4.43. The molecule has 4 rings (SSSR count). The van der Waals surface area contributed by atoms with E-state index in [-0.39, 0.29) is 11.4 Å². The normalized spacial score (nSPS) is 11.4. The molecule has 0 amide bonds. The van der Waals surface area contributed by atoms with Crippen molar-refractivity contribution >= 4 is 16.6 Å². The molecule has 3 aromatic heterocycles. The number of benzene rings is 1. The molecule has 0 fully saturated rings. The zero-order chi connectivity index (χ0) is 19.7. The van der Waals surface area contributed by atoms with E-state index in [1.165, 1.54) is 6.20 Å². The van der Waals surface area contributed by atoms with E-state index in [1.54, 1.807) is 17.1 Å². The minimum atomic E-state index is -0.416. The van der Waals surface area contributed by atoms with Crippen molar-refractivity contribution in [1.29, 1.82) is 0 Å². The summed E-state index contributed by atoms with van der Waals surface area (Å²) in [6.07, 6.45) is 4.91. The maximum atomic E-state index is 11.6. The lowest BCUT2D eigenvalue weighted by Gasteiger charge is -2.06. The van der Waals surface area contributed by atoms with Crippen LogP contribution in [0.4, 0.5) is 5.69 Å². The molecule has 0 saturated heterocycles. The number of rotatable bonds is 6. The van der Waals surface area contributed by atoms with Gasteiger partial charge in [0.25, 0.3) is 0 Å². The summed E-state index contributed by atoms with van der Waals surface area (Å²) < 4.78 is 3.48. The van der Waals surface area contributed by atoms with Gasteiger partial charge in [0.2, 0.25) is 0 Å². The summed E-state index contributed by atoms with van der Waals surface area (Å²) in [4.78, 5) is 15.6. The number of hydrogen-bond acceptors (Lipinski definition) is 5. The third-order valence-electron chi connectivity index (χ3n) is 4.43. The Morgan fingerprint density at radius 2 is 1.96 bits per heavy atom. The van der Waals surface area contributed by atoms with Crippen LogP contribution in [0.25, 0.3) is 22.3 Å². The van der Waals surface area contributed by atoms with E-state index in [0.717, 1.165) is 23.0 Å². The maximum absolute atomic E-state index is 11.6. The minimum Gasteiger partial charge on any atom is -0.264 e. The van der Waals surface area contributed by atoms with Crippen molar-refractivity contribution in [3.8, 4) is 11.4 Å². The molecule has 1 aromatic carbocycles. The topological polar surface area (TPSA) is 91.7 Å². The summed E-state index contributed by atoms with van der Waals surface area (Å²) in [5.74, 6) is 0.430. The van der Waals surface area contributed by atoms with Crippen LogP contribution in [0.1, 0.15) is 19.4 Å². The monoisotopic (exact) mass is 376 g/mol. The first-order valence-corrected chi connectivity index (χ1v) is 9.09. The fourth-order valence-electron chi connectivity index (χ4n) is 3.17. The average Bonchev–Trinajstić information content (AvgIpc) is 3.26. The molecule has 0 bridgehead atoms. The van der Waals surface area contributed by atoms with Crippen molar-refractivity contribution < 1.29 is 4.92 Å². The zero-order valence-electron chi connectivity index (χ0n) is 15.7. The highest BCUT2D eigenvalue weighted by atomic mass is 16.6. The van der Waals surface area contributed by atoms with E-state index < -0.39 is 4.92 Å². The van der Waals surface area contributed by atoms with Crippen LogP contribution >= 0.6 is 0 Å². The first-order valence-electron chi connectivity index (χ1n) is 9.09. The van der Waals surface area contributed by atoms with E-state index in [0.29, 0.717) is 18.2 Å². The molecule has 4 aromatic rings. The quantitative estimate of drug-likeness (QED) is 0.376. The lowest BCUT2D eigenvalue weighted by molar-refractivity contribution is -0.384. The third kappa shape index (κ3) is 3.48. The number of hydrogen-bond donors (Lipinski definition) is 0. The molecule has 8 heteroatoms. The molecule has 0 spiro atoms. The van der Waals surface area contributed by atoms with E-state index in [1.807, 2.05) is 41.1 Å². The number of nitrogens with zero attached hydrogens (tertiary/aromatic N) is 6. The van der Waals surface area contributed by atoms with Gasteiger partial charge in [-0.1, -0.05) is 44.2 Å². The van der Waals surface area contributed by atoms with Crippen LogP contribution in [0, 0.1) is 16.0 Å². The second-order valence-electron chi connectivity index (χ2n) is 7.15. The summed E-state index contributed by atoms with van der Waals surface area (Å²) >= 11 is 0. The van der Waals surface area contributed by atoms with Crippen LogP contribution in [0.2, 0.25) is 0 Å². The molecule has 0 saturated carbocycles. The van der Waals surface area contributed by atoms with Gasteiger partial charge in [-0.2, -0.15) is 10.2 Å². The van der Waals surface area contributed by atoms with Gasteiger partial charge in [0.15, 0.2) is 5.69 Å². The molecule has 0 aliphatic heterocycles. The zero-order valence-corrected chi connectivity index (χ0v) is 15.7. The van der Waals surface area contributed by atoms with Crippen LogP contribution in [-0.4, -0.2) is 29.5 Å². The van der Waals surface area contributed by atoms with Gasteiger partial charge in [-0.25, -0.2) is 0 Å². The maximum Gasteiger partial charge on any atom is 0.316 e. The van der Waals surface area contributed by atoms with Crippen molar-refractivity contribution in [3.63, 3.8) is 0 Å². The van der Waals surface area contributed by atoms with Gasteiger partial charge in [0, 0.05) is 18.1 Å². The molecule has 0 aliphatic rings. The second-order valence-corrected chi connectivity index (χ2v) is 7.15. The molecule has 3 heterocycles. The molecule has 0 aliphatic carbocycles. The molecule has 8 nitrogen and oxygen atoms in total. The molecule has 0 atom stereocenters. The Morgan fingerprint density at radius 3 is 2.68 bits per heavy atom. The Morgan fingerprint density at radius 1 is 1.18 bits per heavy atom. The Balaban J connectivity index is 1.76. The largest absolute Gasteiger partial charge is 0.316 e. The summed E-state index contributed by atoms with van der Waals surface area (Å²) in [5, 5.41) is 21.4. The van der Waals surface area contributed by atoms with E-state index in [2.05, 4.69) is 29.0 Å². The molecule has 28 heavy (non-hydrogen) atoms. The molecule has 142 valence electrons. The van der Waals surface area contributed by atoms with Crippen LogP contribution in [0.5, 0.6) is 0 Å². The first-order chi connectivity index (χ1) is 13.5. The number of aromatic nitrogens is 5. The highest BCUT2D eigenvalue weighted by molar-refractivity contribution is 5.82. The Kier molecular flexibility index (Phi) is 4.60. The smallest absolute Gasteiger partial charge is 0.264 e. The van der Waals surface area contributed by atoms with Crippen LogP contribution in [0.3, 0.4) is 0 Å². The van der Waals surface area contributed by atoms with Crippen LogP contribution in [0.15, 0.2) is 55.0 Å². The highest BCUT2D eigenvalue weighted by Crippen LogP contribution is 2.29. The van der Waals surface area contributed by atoms with Gasteiger partial charge in [0.05, 0.1) is 28.9 Å². The first kappa shape index (κ1) is 17.8. The van der Waals surface area contributed by atoms with Crippen molar-refractivity contribution in [3.05, 3.63) is 70.7 Å².